The molecule has 0 aliphatic carbocycles. The predicted octanol–water partition coefficient (Wildman–Crippen LogP) is 2.81. The summed E-state index contributed by atoms with van der Waals surface area (Å²) >= 11 is 0. The zero-order valence-corrected chi connectivity index (χ0v) is 15.8. The number of hydrogen-bond acceptors (Lipinski definition) is 4. The highest BCUT2D eigenvalue weighted by Gasteiger charge is 2.24. The van der Waals surface area contributed by atoms with Gasteiger partial charge in [-0.25, -0.2) is 12.7 Å². The van der Waals surface area contributed by atoms with Crippen LogP contribution in [0.5, 0.6) is 5.75 Å². The van der Waals surface area contributed by atoms with Gasteiger partial charge in [0.1, 0.15) is 10.6 Å². The first-order chi connectivity index (χ1) is 11.7. The third-order valence-corrected chi connectivity index (χ3v) is 5.79. The van der Waals surface area contributed by atoms with E-state index in [4.69, 9.17) is 4.74 Å². The third-order valence-electron chi connectivity index (χ3n) is 3.95. The van der Waals surface area contributed by atoms with Crippen LogP contribution in [-0.4, -0.2) is 39.8 Å². The van der Waals surface area contributed by atoms with Crippen molar-refractivity contribution in [3.05, 3.63) is 53.1 Å². The van der Waals surface area contributed by atoms with Crippen molar-refractivity contribution in [1.82, 2.24) is 4.31 Å². The van der Waals surface area contributed by atoms with Gasteiger partial charge in [0.2, 0.25) is 10.0 Å². The molecule has 2 aromatic rings. The largest absolute Gasteiger partial charge is 0.495 e. The molecular weight excluding hydrogens is 340 g/mol. The van der Waals surface area contributed by atoms with Crippen LogP contribution in [0.15, 0.2) is 41.3 Å². The van der Waals surface area contributed by atoms with E-state index in [0.717, 1.165) is 15.4 Å². The Kier molecular flexibility index (Phi) is 5.49. The quantitative estimate of drug-likeness (QED) is 0.887. The van der Waals surface area contributed by atoms with Crippen LogP contribution in [0.25, 0.3) is 0 Å². The molecular formula is C18H22N2O4S. The molecule has 0 aromatic heterocycles. The summed E-state index contributed by atoms with van der Waals surface area (Å²) in [4.78, 5) is 12.5. The van der Waals surface area contributed by atoms with Crippen LogP contribution in [-0.2, 0) is 10.0 Å². The lowest BCUT2D eigenvalue weighted by Crippen LogP contribution is -2.23. The van der Waals surface area contributed by atoms with Crippen LogP contribution < -0.4 is 10.1 Å². The maximum Gasteiger partial charge on any atom is 0.255 e. The Labute approximate surface area is 148 Å². The van der Waals surface area contributed by atoms with Crippen LogP contribution in [0.1, 0.15) is 21.5 Å². The van der Waals surface area contributed by atoms with Crippen molar-refractivity contribution in [2.24, 2.45) is 0 Å². The van der Waals surface area contributed by atoms with Gasteiger partial charge in [-0.1, -0.05) is 6.07 Å². The number of benzene rings is 2. The molecule has 0 bridgehead atoms. The first kappa shape index (κ1) is 19.0. The molecule has 0 atom stereocenters. The number of ether oxygens (including phenoxy) is 1. The SMILES string of the molecule is COc1ccc(C(=O)Nc2ccc(C)c(C)c2)cc1S(=O)(=O)N(C)C. The van der Waals surface area contributed by atoms with Gasteiger partial charge in [-0.2, -0.15) is 0 Å². The van der Waals surface area contributed by atoms with E-state index in [-0.39, 0.29) is 22.1 Å². The Morgan fingerprint density at radius 2 is 1.72 bits per heavy atom. The van der Waals surface area contributed by atoms with Gasteiger partial charge in [0.25, 0.3) is 5.91 Å². The summed E-state index contributed by atoms with van der Waals surface area (Å²) in [5, 5.41) is 2.78. The lowest BCUT2D eigenvalue weighted by molar-refractivity contribution is 0.102. The first-order valence-electron chi connectivity index (χ1n) is 7.66. The molecule has 2 rings (SSSR count). The standard InChI is InChI=1S/C18H22N2O4S/c1-12-6-8-15(10-13(12)2)19-18(21)14-7-9-16(24-5)17(11-14)25(22,23)20(3)4/h6-11H,1-5H3,(H,19,21). The molecule has 2 aromatic carbocycles. The summed E-state index contributed by atoms with van der Waals surface area (Å²) < 4.78 is 31.1. The summed E-state index contributed by atoms with van der Waals surface area (Å²) in [7, 11) is 0.510. The maximum absolute atomic E-state index is 12.5. The lowest BCUT2D eigenvalue weighted by atomic mass is 10.1. The fourth-order valence-electron chi connectivity index (χ4n) is 2.24. The average molecular weight is 362 g/mol. The van der Waals surface area contributed by atoms with Gasteiger partial charge >= 0.3 is 0 Å². The fraction of sp³-hybridized carbons (Fsp3) is 0.278. The number of hydrogen-bond donors (Lipinski definition) is 1. The van der Waals surface area contributed by atoms with Gasteiger partial charge in [0, 0.05) is 25.3 Å². The predicted molar refractivity (Wildman–Crippen MR) is 97.7 cm³/mol. The Morgan fingerprint density at radius 1 is 1.04 bits per heavy atom. The number of carbonyl (C=O) groups is 1. The van der Waals surface area contributed by atoms with Crippen LogP contribution in [0.4, 0.5) is 5.69 Å². The number of nitrogens with one attached hydrogen (secondary N) is 1. The molecule has 134 valence electrons. The first-order valence-corrected chi connectivity index (χ1v) is 9.10. The molecule has 0 saturated carbocycles. The second-order valence-corrected chi connectivity index (χ2v) is 8.03. The minimum atomic E-state index is -3.73. The van der Waals surface area contributed by atoms with E-state index >= 15 is 0 Å². The topological polar surface area (TPSA) is 75.7 Å². The molecule has 0 aliphatic heterocycles. The number of sulfonamides is 1. The average Bonchev–Trinajstić information content (AvgIpc) is 2.57. The third kappa shape index (κ3) is 4.00. The van der Waals surface area contributed by atoms with E-state index in [9.17, 15) is 13.2 Å². The van der Waals surface area contributed by atoms with Gasteiger partial charge in [-0.05, 0) is 55.3 Å². The van der Waals surface area contributed by atoms with Gasteiger partial charge in [0.15, 0.2) is 0 Å². The summed E-state index contributed by atoms with van der Waals surface area (Å²) in [6.45, 7) is 3.95. The summed E-state index contributed by atoms with van der Waals surface area (Å²) in [6, 6.07) is 9.93. The van der Waals surface area contributed by atoms with Gasteiger partial charge in [0.05, 0.1) is 7.11 Å². The Morgan fingerprint density at radius 3 is 2.28 bits per heavy atom. The van der Waals surface area contributed by atoms with Crippen molar-refractivity contribution >= 4 is 21.6 Å². The zero-order chi connectivity index (χ0) is 18.8. The van der Waals surface area contributed by atoms with Gasteiger partial charge in [-0.3, -0.25) is 4.79 Å². The smallest absolute Gasteiger partial charge is 0.255 e. The Balaban J connectivity index is 2.39. The van der Waals surface area contributed by atoms with E-state index in [2.05, 4.69) is 5.32 Å². The van der Waals surface area contributed by atoms with E-state index in [1.54, 1.807) is 6.07 Å². The van der Waals surface area contributed by atoms with Crippen LogP contribution in [0.2, 0.25) is 0 Å². The molecule has 0 aliphatic rings. The number of aryl methyl sites for hydroxylation is 2. The van der Waals surface area contributed by atoms with Crippen molar-refractivity contribution in [1.29, 1.82) is 0 Å². The molecule has 0 fully saturated rings. The molecule has 25 heavy (non-hydrogen) atoms. The van der Waals surface area contributed by atoms with Crippen molar-refractivity contribution in [2.45, 2.75) is 18.7 Å². The Bertz CT molecular complexity index is 905. The van der Waals surface area contributed by atoms with E-state index in [1.807, 2.05) is 26.0 Å². The molecule has 7 heteroatoms. The van der Waals surface area contributed by atoms with Crippen LogP contribution in [0, 0.1) is 13.8 Å². The zero-order valence-electron chi connectivity index (χ0n) is 15.0. The van der Waals surface area contributed by atoms with Crippen molar-refractivity contribution in [3.63, 3.8) is 0 Å². The molecule has 0 saturated heterocycles. The summed E-state index contributed by atoms with van der Waals surface area (Å²) in [5.41, 5.74) is 3.07. The van der Waals surface area contributed by atoms with E-state index in [0.29, 0.717) is 5.69 Å². The lowest BCUT2D eigenvalue weighted by Gasteiger charge is -2.15. The molecule has 1 amide bonds. The molecule has 0 heterocycles. The molecule has 6 nitrogen and oxygen atoms in total. The second kappa shape index (κ2) is 7.25. The van der Waals surface area contributed by atoms with Crippen molar-refractivity contribution < 1.29 is 17.9 Å². The second-order valence-electron chi connectivity index (χ2n) is 5.91. The highest BCUT2D eigenvalue weighted by Crippen LogP contribution is 2.27. The van der Waals surface area contributed by atoms with Crippen LogP contribution >= 0.6 is 0 Å². The minimum Gasteiger partial charge on any atom is -0.495 e. The minimum absolute atomic E-state index is 0.0484. The fourth-order valence-corrected chi connectivity index (χ4v) is 3.31. The molecule has 0 radical (unpaired) electrons. The van der Waals surface area contributed by atoms with E-state index < -0.39 is 10.0 Å². The number of nitrogens with zero attached hydrogens (tertiary/aromatic N) is 1. The number of anilines is 1. The van der Waals surface area contributed by atoms with E-state index in [1.165, 1.54) is 39.4 Å². The number of rotatable bonds is 5. The molecule has 1 N–H and O–H groups in total. The number of amides is 1. The number of carbonyl (C=O) groups excluding carboxylic acids is 1. The highest BCUT2D eigenvalue weighted by molar-refractivity contribution is 7.89. The van der Waals surface area contributed by atoms with Gasteiger partial charge < -0.3 is 10.1 Å². The van der Waals surface area contributed by atoms with Crippen molar-refractivity contribution in [3.8, 4) is 5.75 Å². The summed E-state index contributed by atoms with van der Waals surface area (Å²) in [6.07, 6.45) is 0. The van der Waals surface area contributed by atoms with Crippen molar-refractivity contribution in [2.75, 3.05) is 26.5 Å². The number of methoxy groups -OCH3 is 1. The van der Waals surface area contributed by atoms with Gasteiger partial charge in [-0.15, -0.1) is 0 Å². The monoisotopic (exact) mass is 362 g/mol. The highest BCUT2D eigenvalue weighted by atomic mass is 32.2. The molecule has 0 spiro atoms. The van der Waals surface area contributed by atoms with Crippen LogP contribution in [0.3, 0.4) is 0 Å². The maximum atomic E-state index is 12.5. The Hall–Kier alpha value is -2.38. The molecule has 0 unspecified atom stereocenters. The summed E-state index contributed by atoms with van der Waals surface area (Å²) in [5.74, 6) is -0.197. The normalized spacial score (nSPS) is 11.4.